The fourth-order valence-corrected chi connectivity index (χ4v) is 3.60. The van der Waals surface area contributed by atoms with Crippen LogP contribution in [0.5, 0.6) is 0 Å². The lowest BCUT2D eigenvalue weighted by Gasteiger charge is -2.17. The molecule has 27 heavy (non-hydrogen) atoms. The largest absolute Gasteiger partial charge is 0.273 e. The number of benzene rings is 1. The second-order valence-corrected chi connectivity index (χ2v) is 8.93. The summed E-state index contributed by atoms with van der Waals surface area (Å²) in [7, 11) is -3.83. The summed E-state index contributed by atoms with van der Waals surface area (Å²) in [6.45, 7) is 3.77. The number of nitrogens with one attached hydrogen (secondary N) is 3. The van der Waals surface area contributed by atoms with E-state index in [0.29, 0.717) is 12.2 Å². The molecule has 7 nitrogen and oxygen atoms in total. The first-order valence-electron chi connectivity index (χ1n) is 8.56. The van der Waals surface area contributed by atoms with Crippen molar-refractivity contribution in [1.82, 2.24) is 15.6 Å². The van der Waals surface area contributed by atoms with E-state index < -0.39 is 22.0 Å². The molecule has 0 spiro atoms. The van der Waals surface area contributed by atoms with E-state index >= 15 is 0 Å². The molecular weight excluding hydrogens is 386 g/mol. The standard InChI is InChI=1S/C18H27N3O4S2/c1-14(2)13-17(22)19-20-18(23)16(9-11-26-3)21-27(24,25)12-10-15-7-5-4-6-8-15/h4-8,10,12,14,16,21H,9,11,13H2,1-3H3,(H,19,22)(H,20,23)/b12-10+. The number of hydrazine groups is 1. The maximum absolute atomic E-state index is 12.3. The highest BCUT2D eigenvalue weighted by Gasteiger charge is 2.23. The van der Waals surface area contributed by atoms with Gasteiger partial charge in [-0.3, -0.25) is 20.4 Å². The molecule has 1 aromatic carbocycles. The lowest BCUT2D eigenvalue weighted by Crippen LogP contribution is -2.52. The monoisotopic (exact) mass is 413 g/mol. The molecule has 1 rings (SSSR count). The molecule has 0 bridgehead atoms. The summed E-state index contributed by atoms with van der Waals surface area (Å²) in [6, 6.07) is 7.99. The number of amides is 2. The first-order valence-corrected chi connectivity index (χ1v) is 11.5. The van der Waals surface area contributed by atoms with Crippen LogP contribution in [0.1, 0.15) is 32.3 Å². The van der Waals surface area contributed by atoms with Gasteiger partial charge in [-0.05, 0) is 36.0 Å². The summed E-state index contributed by atoms with van der Waals surface area (Å²) in [5.41, 5.74) is 5.34. The average molecular weight is 414 g/mol. The molecule has 2 amide bonds. The highest BCUT2D eigenvalue weighted by atomic mass is 32.2. The molecular formula is C18H27N3O4S2. The molecule has 0 saturated heterocycles. The van der Waals surface area contributed by atoms with Gasteiger partial charge in [-0.25, -0.2) is 8.42 Å². The Hall–Kier alpha value is -1.84. The Labute approximate surface area is 165 Å². The van der Waals surface area contributed by atoms with Crippen LogP contribution in [0.25, 0.3) is 6.08 Å². The van der Waals surface area contributed by atoms with Gasteiger partial charge >= 0.3 is 0 Å². The Morgan fingerprint density at radius 2 is 1.81 bits per heavy atom. The Bertz CT molecular complexity index is 734. The van der Waals surface area contributed by atoms with E-state index in [1.807, 2.05) is 26.2 Å². The molecule has 1 atom stereocenters. The Morgan fingerprint density at radius 3 is 2.41 bits per heavy atom. The molecule has 0 aliphatic heterocycles. The maximum atomic E-state index is 12.3. The van der Waals surface area contributed by atoms with Crippen molar-refractivity contribution in [3.63, 3.8) is 0 Å². The van der Waals surface area contributed by atoms with E-state index in [2.05, 4.69) is 15.6 Å². The number of carbonyl (C=O) groups is 2. The number of sulfonamides is 1. The molecule has 1 aromatic rings. The van der Waals surface area contributed by atoms with Crippen LogP contribution < -0.4 is 15.6 Å². The third-order valence-corrected chi connectivity index (χ3v) is 5.14. The highest BCUT2D eigenvalue weighted by molar-refractivity contribution is 7.98. The number of carbonyl (C=O) groups excluding carboxylic acids is 2. The molecule has 0 fully saturated rings. The maximum Gasteiger partial charge on any atom is 0.256 e. The predicted molar refractivity (Wildman–Crippen MR) is 110 cm³/mol. The fourth-order valence-electron chi connectivity index (χ4n) is 2.09. The quantitative estimate of drug-likeness (QED) is 0.508. The molecule has 0 aromatic heterocycles. The normalized spacial score (nSPS) is 12.9. The van der Waals surface area contributed by atoms with Crippen molar-refractivity contribution < 1.29 is 18.0 Å². The van der Waals surface area contributed by atoms with Crippen molar-refractivity contribution >= 4 is 39.7 Å². The summed E-state index contributed by atoms with van der Waals surface area (Å²) < 4.78 is 27.0. The summed E-state index contributed by atoms with van der Waals surface area (Å²) in [5, 5.41) is 1.03. The molecule has 0 radical (unpaired) electrons. The first kappa shape index (κ1) is 23.2. The first-order chi connectivity index (χ1) is 12.7. The number of hydrogen-bond acceptors (Lipinski definition) is 5. The molecule has 1 unspecified atom stereocenters. The molecule has 0 heterocycles. The van der Waals surface area contributed by atoms with Crippen molar-refractivity contribution in [2.24, 2.45) is 5.92 Å². The van der Waals surface area contributed by atoms with Gasteiger partial charge in [0.25, 0.3) is 5.91 Å². The molecule has 9 heteroatoms. The van der Waals surface area contributed by atoms with E-state index in [9.17, 15) is 18.0 Å². The van der Waals surface area contributed by atoms with Gasteiger partial charge in [0.2, 0.25) is 15.9 Å². The van der Waals surface area contributed by atoms with Gasteiger partial charge < -0.3 is 0 Å². The lowest BCUT2D eigenvalue weighted by molar-refractivity contribution is -0.130. The van der Waals surface area contributed by atoms with E-state index in [0.717, 1.165) is 11.0 Å². The van der Waals surface area contributed by atoms with Crippen molar-refractivity contribution in [3.8, 4) is 0 Å². The van der Waals surface area contributed by atoms with E-state index in [1.54, 1.807) is 24.3 Å². The highest BCUT2D eigenvalue weighted by Crippen LogP contribution is 2.06. The zero-order valence-electron chi connectivity index (χ0n) is 15.8. The van der Waals surface area contributed by atoms with Crippen LogP contribution in [-0.2, 0) is 19.6 Å². The summed E-state index contributed by atoms with van der Waals surface area (Å²) in [5.74, 6) is -0.189. The van der Waals surface area contributed by atoms with Gasteiger partial charge in [0.1, 0.15) is 6.04 Å². The van der Waals surface area contributed by atoms with Crippen LogP contribution in [0.2, 0.25) is 0 Å². The summed E-state index contributed by atoms with van der Waals surface area (Å²) in [6.07, 6.45) is 3.88. The van der Waals surface area contributed by atoms with E-state index in [-0.39, 0.29) is 18.2 Å². The second-order valence-electron chi connectivity index (χ2n) is 6.35. The van der Waals surface area contributed by atoms with Crippen LogP contribution in [0.15, 0.2) is 35.7 Å². The number of thioether (sulfide) groups is 1. The molecule has 0 aliphatic carbocycles. The van der Waals surface area contributed by atoms with E-state index in [1.165, 1.54) is 17.8 Å². The van der Waals surface area contributed by atoms with Crippen LogP contribution in [0.4, 0.5) is 0 Å². The Balaban J connectivity index is 2.73. The third-order valence-electron chi connectivity index (χ3n) is 3.39. The van der Waals surface area contributed by atoms with Crippen LogP contribution in [0.3, 0.4) is 0 Å². The molecule has 0 saturated carbocycles. The van der Waals surface area contributed by atoms with Crippen molar-refractivity contribution in [3.05, 3.63) is 41.3 Å². The van der Waals surface area contributed by atoms with Gasteiger partial charge in [0.05, 0.1) is 0 Å². The van der Waals surface area contributed by atoms with Crippen LogP contribution >= 0.6 is 11.8 Å². The number of hydrogen-bond donors (Lipinski definition) is 3. The fraction of sp³-hybridized carbons (Fsp3) is 0.444. The minimum Gasteiger partial charge on any atom is -0.273 e. The van der Waals surface area contributed by atoms with Crippen molar-refractivity contribution in [2.45, 2.75) is 32.7 Å². The summed E-state index contributed by atoms with van der Waals surface area (Å²) >= 11 is 1.50. The van der Waals surface area contributed by atoms with Crippen LogP contribution in [0, 0.1) is 5.92 Å². The van der Waals surface area contributed by atoms with Crippen molar-refractivity contribution in [1.29, 1.82) is 0 Å². The minimum atomic E-state index is -3.83. The molecule has 150 valence electrons. The second kappa shape index (κ2) is 11.8. The van der Waals surface area contributed by atoms with Gasteiger partial charge in [-0.15, -0.1) is 0 Å². The molecule has 0 aliphatic rings. The zero-order chi connectivity index (χ0) is 20.3. The third kappa shape index (κ3) is 10.2. The average Bonchev–Trinajstić information content (AvgIpc) is 2.62. The predicted octanol–water partition coefficient (Wildman–Crippen LogP) is 1.89. The zero-order valence-corrected chi connectivity index (χ0v) is 17.4. The smallest absolute Gasteiger partial charge is 0.256 e. The number of rotatable bonds is 10. The van der Waals surface area contributed by atoms with Gasteiger partial charge in [-0.1, -0.05) is 44.2 Å². The minimum absolute atomic E-state index is 0.149. The van der Waals surface area contributed by atoms with Gasteiger partial charge in [0, 0.05) is 11.8 Å². The van der Waals surface area contributed by atoms with Gasteiger partial charge in [-0.2, -0.15) is 16.5 Å². The SMILES string of the molecule is CSCCC(NS(=O)(=O)/C=C/c1ccccc1)C(=O)NNC(=O)CC(C)C. The van der Waals surface area contributed by atoms with E-state index in [4.69, 9.17) is 0 Å². The Kier molecular flexibility index (Phi) is 10.1. The lowest BCUT2D eigenvalue weighted by atomic mass is 10.1. The topological polar surface area (TPSA) is 104 Å². The molecule has 3 N–H and O–H groups in total. The summed E-state index contributed by atoms with van der Waals surface area (Å²) in [4.78, 5) is 24.0. The van der Waals surface area contributed by atoms with Crippen molar-refractivity contribution in [2.75, 3.05) is 12.0 Å². The van der Waals surface area contributed by atoms with Crippen LogP contribution in [-0.4, -0.2) is 38.3 Å². The van der Waals surface area contributed by atoms with Gasteiger partial charge in [0.15, 0.2) is 0 Å². The Morgan fingerprint density at radius 1 is 1.15 bits per heavy atom.